The third-order valence-corrected chi connectivity index (χ3v) is 9.16. The van der Waals surface area contributed by atoms with Crippen molar-refractivity contribution in [3.63, 3.8) is 0 Å². The van der Waals surface area contributed by atoms with Gasteiger partial charge in [-0.05, 0) is 0 Å². The standard InChI is InChI=1S/C15H29O2.3C8H18S.Sn/c1-3-5-6-7-8-9-10-11-12-13-14-17-15(16)4-2;3*1-2-3-4-5-6-7-8-9;/h2-14H2,1H3;3*9H,2-8H2,1H3;/q;;;;+3/p-3. The van der Waals surface area contributed by atoms with Gasteiger partial charge in [0.05, 0.1) is 0 Å². The van der Waals surface area contributed by atoms with Crippen LogP contribution in [0.15, 0.2) is 0 Å². The number of ether oxygens (including phenoxy) is 1. The van der Waals surface area contributed by atoms with Crippen molar-refractivity contribution in [2.45, 2.75) is 218 Å². The average Bonchev–Trinajstić information content (AvgIpc) is 3.05. The summed E-state index contributed by atoms with van der Waals surface area (Å²) in [5.41, 5.74) is 0. The Morgan fingerprint density at radius 1 is 0.422 bits per heavy atom. The molecule has 0 fully saturated rings. The molecule has 0 aromatic carbocycles. The van der Waals surface area contributed by atoms with Gasteiger partial charge in [-0.3, -0.25) is 0 Å². The van der Waals surface area contributed by atoms with E-state index < -0.39 is 0 Å². The normalized spacial score (nSPS) is 10.2. The molecule has 0 aliphatic rings. The Balaban J connectivity index is -0.000000266. The molecule has 0 saturated carbocycles. The van der Waals surface area contributed by atoms with Gasteiger partial charge in [0.2, 0.25) is 0 Å². The maximum atomic E-state index is 11.1. The van der Waals surface area contributed by atoms with E-state index in [1.165, 1.54) is 196 Å². The first-order chi connectivity index (χ1) is 22.1. The second-order valence-corrected chi connectivity index (χ2v) is 15.0. The Bertz CT molecular complexity index is 418. The SMILES string of the molecule is CCCCCCCCCCCCOC(=O)C[CH2][Sn+3].CCCCCCCC[S-].CCCCCCCC[S-].CCCCCCCC[S-]. The van der Waals surface area contributed by atoms with Crippen LogP contribution in [0.25, 0.3) is 0 Å². The van der Waals surface area contributed by atoms with Crippen LogP contribution in [0, 0.1) is 0 Å². The van der Waals surface area contributed by atoms with E-state index in [2.05, 4.69) is 27.7 Å². The van der Waals surface area contributed by atoms with Crippen LogP contribution >= 0.6 is 0 Å². The molecular weight excluding hydrogens is 715 g/mol. The van der Waals surface area contributed by atoms with Crippen LogP contribution in [0.4, 0.5) is 0 Å². The summed E-state index contributed by atoms with van der Waals surface area (Å²) in [6.45, 7) is 9.62. The smallest absolute Gasteiger partial charge is 0.0533 e. The average molecular weight is 796 g/mol. The van der Waals surface area contributed by atoms with Crippen LogP contribution in [-0.2, 0) is 47.4 Å². The Hall–Kier alpha value is 1.32. The molecule has 0 atom stereocenters. The fourth-order valence-corrected chi connectivity index (χ4v) is 5.79. The summed E-state index contributed by atoms with van der Waals surface area (Å²) < 4.78 is 6.11. The van der Waals surface area contributed by atoms with E-state index in [1.54, 1.807) is 0 Å². The van der Waals surface area contributed by atoms with Gasteiger partial charge in [-0.2, -0.15) is 17.3 Å². The largest absolute Gasteiger partial charge is 0.793 e. The van der Waals surface area contributed by atoms with E-state index in [0.29, 0.717) is 13.0 Å². The Morgan fingerprint density at radius 3 is 0.911 bits per heavy atom. The fourth-order valence-electron chi connectivity index (χ4n) is 4.60. The van der Waals surface area contributed by atoms with Crippen molar-refractivity contribution >= 4 is 66.4 Å². The van der Waals surface area contributed by atoms with Gasteiger partial charge >= 0.3 is 100 Å². The summed E-state index contributed by atoms with van der Waals surface area (Å²) in [5.74, 6) is 2.84. The van der Waals surface area contributed by atoms with E-state index in [9.17, 15) is 4.79 Å². The van der Waals surface area contributed by atoms with Crippen LogP contribution in [0.3, 0.4) is 0 Å². The van der Waals surface area contributed by atoms with E-state index in [4.69, 9.17) is 42.6 Å². The predicted molar refractivity (Wildman–Crippen MR) is 215 cm³/mol. The van der Waals surface area contributed by atoms with Crippen molar-refractivity contribution in [3.8, 4) is 0 Å². The van der Waals surface area contributed by atoms with E-state index in [-0.39, 0.29) is 5.97 Å². The zero-order valence-corrected chi connectivity index (χ0v) is 36.4. The number of hydrogen-bond acceptors (Lipinski definition) is 5. The minimum Gasteiger partial charge on any atom is -0.793 e. The number of carbonyl (C=O) groups excluding carboxylic acids is 1. The number of unbranched alkanes of at least 4 members (excludes halogenated alkanes) is 24. The number of carbonyl (C=O) groups is 1. The molecule has 2 nitrogen and oxygen atoms in total. The third kappa shape index (κ3) is 68.2. The third-order valence-electron chi connectivity index (χ3n) is 7.58. The Kier molecular flexibility index (Phi) is 68.0. The second-order valence-electron chi connectivity index (χ2n) is 12.3. The molecule has 0 radical (unpaired) electrons. The monoisotopic (exact) mass is 796 g/mol. The van der Waals surface area contributed by atoms with Crippen molar-refractivity contribution in [2.75, 3.05) is 23.9 Å². The van der Waals surface area contributed by atoms with Gasteiger partial charge in [0.1, 0.15) is 0 Å². The molecule has 0 amide bonds. The maximum absolute atomic E-state index is 11.1. The molecule has 270 valence electrons. The molecule has 0 aromatic rings. The molecular formula is C39H80O2S3Sn. The molecule has 0 N–H and O–H groups in total. The molecule has 45 heavy (non-hydrogen) atoms. The molecule has 6 heteroatoms. The summed E-state index contributed by atoms with van der Waals surface area (Å²) in [7, 11) is 0. The van der Waals surface area contributed by atoms with Crippen LogP contribution in [0.5, 0.6) is 0 Å². The van der Waals surface area contributed by atoms with Crippen molar-refractivity contribution < 1.29 is 9.53 Å². The topological polar surface area (TPSA) is 26.3 Å². The first kappa shape index (κ1) is 53.1. The van der Waals surface area contributed by atoms with Crippen LogP contribution in [0.2, 0.25) is 4.44 Å². The number of esters is 1. The quantitative estimate of drug-likeness (QED) is 0.0301. The zero-order chi connectivity index (χ0) is 34.3. The van der Waals surface area contributed by atoms with Crippen molar-refractivity contribution in [3.05, 3.63) is 0 Å². The van der Waals surface area contributed by atoms with E-state index in [1.807, 2.05) is 0 Å². The summed E-state index contributed by atoms with van der Waals surface area (Å²) in [4.78, 5) is 11.1. The molecule has 0 saturated heterocycles. The summed E-state index contributed by atoms with van der Waals surface area (Å²) >= 11 is 15.9. The maximum Gasteiger partial charge on any atom is -0.0533 e. The molecule has 0 rings (SSSR count). The zero-order valence-electron chi connectivity index (χ0n) is 31.1. The van der Waals surface area contributed by atoms with Gasteiger partial charge < -0.3 is 37.9 Å². The molecule has 0 aliphatic heterocycles. The van der Waals surface area contributed by atoms with Gasteiger partial charge in [0.25, 0.3) is 0 Å². The molecule has 0 unspecified atom stereocenters. The van der Waals surface area contributed by atoms with Gasteiger partial charge in [-0.25, -0.2) is 0 Å². The summed E-state index contributed by atoms with van der Waals surface area (Å²) in [6, 6.07) is 0. The van der Waals surface area contributed by atoms with Crippen molar-refractivity contribution in [1.29, 1.82) is 0 Å². The minimum absolute atomic E-state index is 0.0114. The summed E-state index contributed by atoms with van der Waals surface area (Å²) in [5, 5.41) is 0. The predicted octanol–water partition coefficient (Wildman–Crippen LogP) is 13.1. The molecule has 0 heterocycles. The second kappa shape index (κ2) is 57.6. The first-order valence-electron chi connectivity index (χ1n) is 19.6. The first-order valence-corrected chi connectivity index (χ1v) is 23.3. The number of rotatable bonds is 31. The molecule has 0 spiro atoms. The molecule has 0 aliphatic carbocycles. The number of hydrogen-bond donors (Lipinski definition) is 0. The van der Waals surface area contributed by atoms with Gasteiger partial charge in [-0.1, -0.05) is 163 Å². The van der Waals surface area contributed by atoms with Gasteiger partial charge in [0, 0.05) is 0 Å². The Labute approximate surface area is 316 Å². The Morgan fingerprint density at radius 2 is 0.667 bits per heavy atom. The van der Waals surface area contributed by atoms with Crippen LogP contribution < -0.4 is 0 Å². The fraction of sp³-hybridized carbons (Fsp3) is 0.974. The molecule has 0 bridgehead atoms. The minimum atomic E-state index is -0.0114. The van der Waals surface area contributed by atoms with Crippen LogP contribution in [0.1, 0.15) is 214 Å². The van der Waals surface area contributed by atoms with Crippen LogP contribution in [-0.4, -0.2) is 52.4 Å². The van der Waals surface area contributed by atoms with Crippen molar-refractivity contribution in [2.24, 2.45) is 0 Å². The van der Waals surface area contributed by atoms with Gasteiger partial charge in [0.15, 0.2) is 0 Å². The van der Waals surface area contributed by atoms with E-state index >= 15 is 0 Å². The van der Waals surface area contributed by atoms with Crippen molar-refractivity contribution in [1.82, 2.24) is 0 Å². The summed E-state index contributed by atoms with van der Waals surface area (Å²) in [6.07, 6.45) is 38.2. The van der Waals surface area contributed by atoms with E-state index in [0.717, 1.165) is 28.1 Å². The molecule has 0 aromatic heterocycles. The van der Waals surface area contributed by atoms with Gasteiger partial charge in [-0.15, -0.1) is 0 Å².